The van der Waals surface area contributed by atoms with Crippen LogP contribution in [-0.4, -0.2) is 120 Å². The van der Waals surface area contributed by atoms with Crippen LogP contribution < -0.4 is 0 Å². The van der Waals surface area contributed by atoms with Crippen LogP contribution in [0.25, 0.3) is 0 Å². The Balaban J connectivity index is 1.77. The zero-order valence-electron chi connectivity index (χ0n) is 35.2. The molecule has 0 aromatic rings. The van der Waals surface area contributed by atoms with Gasteiger partial charge < -0.3 is 43.9 Å². The first kappa shape index (κ1) is 46.1. The topological polar surface area (TPSA) is 161 Å². The molecule has 4 rings (SSSR count). The molecule has 318 valence electrons. The Bertz CT molecular complexity index is 1400. The van der Waals surface area contributed by atoms with Crippen molar-refractivity contribution in [2.24, 2.45) is 29.6 Å². The zero-order valence-corrected chi connectivity index (χ0v) is 35.2. The maximum Gasteiger partial charge on any atom is 0.348 e. The highest BCUT2D eigenvalue weighted by molar-refractivity contribution is 6.07. The van der Waals surface area contributed by atoms with Crippen molar-refractivity contribution in [1.82, 2.24) is 4.90 Å². The smallest absolute Gasteiger partial charge is 0.348 e. The molecule has 14 atom stereocenters. The molecule has 0 radical (unpaired) electrons. The van der Waals surface area contributed by atoms with Gasteiger partial charge in [0.15, 0.2) is 6.10 Å². The van der Waals surface area contributed by atoms with Gasteiger partial charge >= 0.3 is 11.9 Å². The second-order valence-corrected chi connectivity index (χ2v) is 17.4. The normalized spacial score (nSPS) is 40.4. The van der Waals surface area contributed by atoms with Crippen molar-refractivity contribution in [3.8, 4) is 0 Å². The summed E-state index contributed by atoms with van der Waals surface area (Å²) in [4.78, 5) is 44.4. The average Bonchev–Trinajstić information content (AvgIpc) is 3.27. The van der Waals surface area contributed by atoms with E-state index in [4.69, 9.17) is 23.7 Å². The molecule has 3 heterocycles. The van der Waals surface area contributed by atoms with Crippen LogP contribution in [0.1, 0.15) is 112 Å². The SMILES string of the molecule is C=CCC1C=C(C)CC(C)CC(OC)C2OC(=O)C(O)(C(=O)N3CCCCC3C(=O)OC(C(C)=CC3CCC(O)C(OC)C3)C(C)C(O)CC1)C(C)CC2OC. The molecular formula is C44H71NO11. The van der Waals surface area contributed by atoms with E-state index < -0.39 is 77.9 Å². The van der Waals surface area contributed by atoms with E-state index >= 15 is 0 Å². The Labute approximate surface area is 335 Å². The molecule has 1 amide bonds. The monoisotopic (exact) mass is 790 g/mol. The van der Waals surface area contributed by atoms with Gasteiger partial charge in [-0.25, -0.2) is 9.59 Å². The largest absolute Gasteiger partial charge is 0.456 e. The van der Waals surface area contributed by atoms with Crippen molar-refractivity contribution in [1.29, 1.82) is 0 Å². The molecule has 2 saturated heterocycles. The van der Waals surface area contributed by atoms with Crippen LogP contribution in [0.15, 0.2) is 36.0 Å². The Morgan fingerprint density at radius 2 is 1.57 bits per heavy atom. The van der Waals surface area contributed by atoms with E-state index in [1.807, 2.05) is 19.9 Å². The van der Waals surface area contributed by atoms with E-state index in [0.29, 0.717) is 44.9 Å². The fraction of sp³-hybridized carbons (Fsp3) is 0.795. The molecule has 56 heavy (non-hydrogen) atoms. The second kappa shape index (κ2) is 20.9. The fourth-order valence-electron chi connectivity index (χ4n) is 9.66. The molecular weight excluding hydrogens is 718 g/mol. The molecule has 12 nitrogen and oxygen atoms in total. The van der Waals surface area contributed by atoms with Gasteiger partial charge in [-0.1, -0.05) is 44.6 Å². The van der Waals surface area contributed by atoms with E-state index in [1.54, 1.807) is 21.1 Å². The van der Waals surface area contributed by atoms with Gasteiger partial charge in [0.1, 0.15) is 12.1 Å². The molecule has 4 aliphatic rings. The van der Waals surface area contributed by atoms with Gasteiger partial charge in [0.2, 0.25) is 5.60 Å². The standard InChI is InChI=1S/C44H71NO11/c1-10-13-31-15-17-34(46)30(6)39(28(4)23-32-16-18-35(47)36(25-32)52-7)55-41(48)33-14-11-12-19-45(33)42(49)44(51)29(5)24-38(54-9)40(56-43(44)50)37(53-8)22-27(3)20-26(2)21-31/h10,21,23,27,29-40,46-47,51H,1,11-20,22,24-25H2,2-9H3. The van der Waals surface area contributed by atoms with Crippen molar-refractivity contribution in [3.05, 3.63) is 36.0 Å². The first-order chi connectivity index (χ1) is 26.6. The van der Waals surface area contributed by atoms with Gasteiger partial charge in [0.25, 0.3) is 5.91 Å². The van der Waals surface area contributed by atoms with Crippen LogP contribution in [0, 0.1) is 29.6 Å². The summed E-state index contributed by atoms with van der Waals surface area (Å²) < 4.78 is 29.8. The number of hydrogen-bond donors (Lipinski definition) is 3. The maximum absolute atomic E-state index is 14.6. The number of hydrogen-bond acceptors (Lipinski definition) is 11. The highest BCUT2D eigenvalue weighted by atomic mass is 16.6. The molecule has 14 unspecified atom stereocenters. The summed E-state index contributed by atoms with van der Waals surface area (Å²) in [6.45, 7) is 13.8. The van der Waals surface area contributed by atoms with Gasteiger partial charge in [-0.3, -0.25) is 4.79 Å². The quantitative estimate of drug-likeness (QED) is 0.171. The number of carbonyl (C=O) groups excluding carboxylic acids is 3. The third-order valence-corrected chi connectivity index (χ3v) is 13.1. The van der Waals surface area contributed by atoms with E-state index in [9.17, 15) is 29.7 Å². The van der Waals surface area contributed by atoms with Crippen molar-refractivity contribution in [3.63, 3.8) is 0 Å². The molecule has 3 fully saturated rings. The van der Waals surface area contributed by atoms with Crippen LogP contribution in [0.4, 0.5) is 0 Å². The van der Waals surface area contributed by atoms with E-state index in [1.165, 1.54) is 17.6 Å². The van der Waals surface area contributed by atoms with E-state index in [2.05, 4.69) is 32.6 Å². The third-order valence-electron chi connectivity index (χ3n) is 13.1. The van der Waals surface area contributed by atoms with Crippen LogP contribution in [0.5, 0.6) is 0 Å². The molecule has 1 saturated carbocycles. The number of cyclic esters (lactones) is 1. The predicted octanol–water partition coefficient (Wildman–Crippen LogP) is 5.46. The minimum absolute atomic E-state index is 0.0613. The number of aliphatic hydroxyl groups excluding tert-OH is 2. The number of rotatable bonds is 7. The Kier molecular flexibility index (Phi) is 17.2. The molecule has 0 aromatic heterocycles. The number of nitrogens with zero attached hydrogens (tertiary/aromatic N) is 1. The lowest BCUT2D eigenvalue weighted by atomic mass is 9.81. The van der Waals surface area contributed by atoms with Crippen LogP contribution in [-0.2, 0) is 38.1 Å². The Morgan fingerprint density at radius 1 is 0.911 bits per heavy atom. The number of piperidine rings is 1. The number of allylic oxidation sites excluding steroid dienone is 4. The van der Waals surface area contributed by atoms with Crippen molar-refractivity contribution in [2.75, 3.05) is 27.9 Å². The number of methoxy groups -OCH3 is 3. The van der Waals surface area contributed by atoms with Crippen molar-refractivity contribution >= 4 is 17.8 Å². The van der Waals surface area contributed by atoms with E-state index in [-0.39, 0.29) is 43.2 Å². The minimum atomic E-state index is -2.58. The van der Waals surface area contributed by atoms with Gasteiger partial charge in [-0.15, -0.1) is 6.58 Å². The summed E-state index contributed by atoms with van der Waals surface area (Å²) in [5, 5.41) is 34.4. The van der Waals surface area contributed by atoms with Gasteiger partial charge in [-0.05, 0) is 114 Å². The minimum Gasteiger partial charge on any atom is -0.456 e. The van der Waals surface area contributed by atoms with E-state index in [0.717, 1.165) is 24.8 Å². The lowest BCUT2D eigenvalue weighted by Crippen LogP contribution is -2.62. The second-order valence-electron chi connectivity index (χ2n) is 17.4. The summed E-state index contributed by atoms with van der Waals surface area (Å²) in [6, 6.07) is -1.06. The number of aliphatic hydroxyl groups is 3. The summed E-state index contributed by atoms with van der Waals surface area (Å²) >= 11 is 0. The lowest BCUT2D eigenvalue weighted by Gasteiger charge is -2.40. The van der Waals surface area contributed by atoms with Crippen LogP contribution in [0.3, 0.4) is 0 Å². The fourth-order valence-corrected chi connectivity index (χ4v) is 9.66. The van der Waals surface area contributed by atoms with Gasteiger partial charge in [-0.2, -0.15) is 0 Å². The molecule has 12 heteroatoms. The number of ether oxygens (including phenoxy) is 5. The summed E-state index contributed by atoms with van der Waals surface area (Å²) in [6.07, 6.45) is 8.33. The number of esters is 2. The highest BCUT2D eigenvalue weighted by Gasteiger charge is 2.58. The lowest BCUT2D eigenvalue weighted by molar-refractivity contribution is -0.192. The molecule has 3 N–H and O–H groups in total. The number of carbonyl (C=O) groups is 3. The van der Waals surface area contributed by atoms with Gasteiger partial charge in [0, 0.05) is 39.7 Å². The molecule has 3 aliphatic heterocycles. The maximum atomic E-state index is 14.6. The molecule has 0 spiro atoms. The van der Waals surface area contributed by atoms with Crippen LogP contribution >= 0.6 is 0 Å². The number of fused-ring (bicyclic) bond motifs is 4. The summed E-state index contributed by atoms with van der Waals surface area (Å²) in [7, 11) is 4.67. The highest BCUT2D eigenvalue weighted by Crippen LogP contribution is 2.38. The molecule has 0 aromatic carbocycles. The third kappa shape index (κ3) is 10.9. The first-order valence-corrected chi connectivity index (χ1v) is 20.9. The zero-order chi connectivity index (χ0) is 41.3. The predicted molar refractivity (Wildman–Crippen MR) is 212 cm³/mol. The van der Waals surface area contributed by atoms with Crippen LogP contribution in [0.2, 0.25) is 0 Å². The summed E-state index contributed by atoms with van der Waals surface area (Å²) in [5.74, 6) is -3.73. The molecule has 1 aliphatic carbocycles. The Morgan fingerprint density at radius 3 is 2.23 bits per heavy atom. The number of amides is 1. The van der Waals surface area contributed by atoms with Crippen molar-refractivity contribution in [2.45, 2.75) is 166 Å². The van der Waals surface area contributed by atoms with Crippen molar-refractivity contribution < 1.29 is 53.4 Å². The first-order valence-electron chi connectivity index (χ1n) is 20.9. The molecule has 2 bridgehead atoms. The Hall–Kier alpha value is -2.61. The average molecular weight is 790 g/mol. The summed E-state index contributed by atoms with van der Waals surface area (Å²) in [5.41, 5.74) is -0.632. The van der Waals surface area contributed by atoms with Gasteiger partial charge in [0.05, 0.1) is 30.5 Å².